The number of ether oxygens (including phenoxy) is 1. The van der Waals surface area contributed by atoms with Crippen molar-refractivity contribution in [2.75, 3.05) is 6.54 Å². The molecule has 0 saturated carbocycles. The SMILES string of the molecule is CCCCC1CNC(=O)O1. The average molecular weight is 143 g/mol. The standard InChI is InChI=1S/C7H13NO2/c1-2-3-4-6-5-8-7(9)10-6/h6H,2-5H2,1H3,(H,8,9). The third-order valence-corrected chi connectivity index (χ3v) is 1.63. The van der Waals surface area contributed by atoms with Crippen molar-refractivity contribution < 1.29 is 9.53 Å². The molecule has 1 rings (SSSR count). The van der Waals surface area contributed by atoms with Gasteiger partial charge in [-0.15, -0.1) is 0 Å². The van der Waals surface area contributed by atoms with E-state index in [0.717, 1.165) is 19.3 Å². The summed E-state index contributed by atoms with van der Waals surface area (Å²) in [5.74, 6) is 0. The van der Waals surface area contributed by atoms with E-state index in [9.17, 15) is 4.79 Å². The van der Waals surface area contributed by atoms with E-state index in [4.69, 9.17) is 4.74 Å². The van der Waals surface area contributed by atoms with Crippen LogP contribution in [-0.2, 0) is 4.74 Å². The fourth-order valence-electron chi connectivity index (χ4n) is 1.02. The molecule has 0 aromatic rings. The lowest BCUT2D eigenvalue weighted by molar-refractivity contribution is 0.134. The highest BCUT2D eigenvalue weighted by atomic mass is 16.6. The second kappa shape index (κ2) is 3.44. The summed E-state index contributed by atoms with van der Waals surface area (Å²) in [6.45, 7) is 2.82. The number of carbonyl (C=O) groups excluding carboxylic acids is 1. The van der Waals surface area contributed by atoms with Gasteiger partial charge in [0.05, 0.1) is 6.54 Å². The van der Waals surface area contributed by atoms with Crippen LogP contribution < -0.4 is 5.32 Å². The molecule has 1 atom stereocenters. The summed E-state index contributed by atoms with van der Waals surface area (Å²) in [5, 5.41) is 2.62. The molecule has 0 radical (unpaired) electrons. The Morgan fingerprint density at radius 3 is 3.10 bits per heavy atom. The molecular weight excluding hydrogens is 130 g/mol. The Labute approximate surface area is 60.7 Å². The number of nitrogens with one attached hydrogen (secondary N) is 1. The molecule has 58 valence electrons. The third kappa shape index (κ3) is 1.90. The fourth-order valence-corrected chi connectivity index (χ4v) is 1.02. The molecule has 0 aliphatic carbocycles. The number of carbonyl (C=O) groups is 1. The van der Waals surface area contributed by atoms with E-state index >= 15 is 0 Å². The van der Waals surface area contributed by atoms with Crippen molar-refractivity contribution in [1.29, 1.82) is 0 Å². The quantitative estimate of drug-likeness (QED) is 0.646. The van der Waals surface area contributed by atoms with E-state index in [1.807, 2.05) is 0 Å². The largest absolute Gasteiger partial charge is 0.444 e. The normalized spacial score (nSPS) is 24.1. The summed E-state index contributed by atoms with van der Waals surface area (Å²) >= 11 is 0. The maximum atomic E-state index is 10.5. The first-order valence-electron chi connectivity index (χ1n) is 3.77. The van der Waals surface area contributed by atoms with Crippen molar-refractivity contribution in [3.63, 3.8) is 0 Å². The maximum Gasteiger partial charge on any atom is 0.407 e. The zero-order valence-electron chi connectivity index (χ0n) is 6.22. The highest BCUT2D eigenvalue weighted by Crippen LogP contribution is 2.08. The van der Waals surface area contributed by atoms with Crippen LogP contribution in [0.4, 0.5) is 4.79 Å². The van der Waals surface area contributed by atoms with Gasteiger partial charge in [-0.1, -0.05) is 13.3 Å². The van der Waals surface area contributed by atoms with Crippen molar-refractivity contribution in [3.8, 4) is 0 Å². The van der Waals surface area contributed by atoms with Crippen molar-refractivity contribution in [2.45, 2.75) is 32.3 Å². The zero-order valence-corrected chi connectivity index (χ0v) is 6.22. The first kappa shape index (κ1) is 7.38. The van der Waals surface area contributed by atoms with Crippen molar-refractivity contribution >= 4 is 6.09 Å². The topological polar surface area (TPSA) is 38.3 Å². The van der Waals surface area contributed by atoms with Gasteiger partial charge in [0.15, 0.2) is 0 Å². The Bertz CT molecular complexity index is 125. The van der Waals surface area contributed by atoms with Gasteiger partial charge >= 0.3 is 6.09 Å². The lowest BCUT2D eigenvalue weighted by Crippen LogP contribution is -2.14. The number of amides is 1. The van der Waals surface area contributed by atoms with Gasteiger partial charge in [-0.25, -0.2) is 4.79 Å². The number of unbranched alkanes of at least 4 members (excludes halogenated alkanes) is 1. The van der Waals surface area contributed by atoms with Crippen LogP contribution in [0.5, 0.6) is 0 Å². The maximum absolute atomic E-state index is 10.5. The summed E-state index contributed by atoms with van der Waals surface area (Å²) in [4.78, 5) is 10.5. The Kier molecular flexibility index (Phi) is 2.54. The van der Waals surface area contributed by atoms with Crippen molar-refractivity contribution in [3.05, 3.63) is 0 Å². The molecule has 1 heterocycles. The smallest absolute Gasteiger partial charge is 0.407 e. The first-order chi connectivity index (χ1) is 4.83. The Balaban J connectivity index is 2.12. The summed E-state index contributed by atoms with van der Waals surface area (Å²) < 4.78 is 4.91. The van der Waals surface area contributed by atoms with E-state index < -0.39 is 0 Å². The van der Waals surface area contributed by atoms with Crippen LogP contribution in [0.3, 0.4) is 0 Å². The van der Waals surface area contributed by atoms with E-state index in [0.29, 0.717) is 6.54 Å². The molecule has 0 aromatic heterocycles. The van der Waals surface area contributed by atoms with Crippen LogP contribution in [-0.4, -0.2) is 18.7 Å². The van der Waals surface area contributed by atoms with Gasteiger partial charge in [-0.3, -0.25) is 0 Å². The van der Waals surface area contributed by atoms with Gasteiger partial charge in [0, 0.05) is 0 Å². The molecule has 3 nitrogen and oxygen atoms in total. The minimum Gasteiger partial charge on any atom is -0.444 e. The molecule has 1 N–H and O–H groups in total. The molecule has 1 unspecified atom stereocenters. The number of hydrogen-bond acceptors (Lipinski definition) is 2. The van der Waals surface area contributed by atoms with E-state index in [1.165, 1.54) is 0 Å². The number of alkyl carbamates (subject to hydrolysis) is 1. The summed E-state index contributed by atoms with van der Waals surface area (Å²) in [6, 6.07) is 0. The van der Waals surface area contributed by atoms with Gasteiger partial charge in [0.25, 0.3) is 0 Å². The molecule has 1 fully saturated rings. The predicted octanol–water partition coefficient (Wildman–Crippen LogP) is 1.28. The van der Waals surface area contributed by atoms with Crippen LogP contribution >= 0.6 is 0 Å². The van der Waals surface area contributed by atoms with Gasteiger partial charge in [-0.2, -0.15) is 0 Å². The zero-order chi connectivity index (χ0) is 7.40. The van der Waals surface area contributed by atoms with Gasteiger partial charge < -0.3 is 10.1 Å². The number of cyclic esters (lactones) is 1. The van der Waals surface area contributed by atoms with Crippen LogP contribution in [0.1, 0.15) is 26.2 Å². The number of hydrogen-bond donors (Lipinski definition) is 1. The molecule has 1 amide bonds. The lowest BCUT2D eigenvalue weighted by Gasteiger charge is -2.04. The van der Waals surface area contributed by atoms with Gasteiger partial charge in [-0.05, 0) is 12.8 Å². The highest BCUT2D eigenvalue weighted by molar-refractivity contribution is 5.69. The van der Waals surface area contributed by atoms with Crippen molar-refractivity contribution in [2.24, 2.45) is 0 Å². The Hall–Kier alpha value is -0.730. The Morgan fingerprint density at radius 2 is 2.60 bits per heavy atom. The molecule has 0 aromatic carbocycles. The number of rotatable bonds is 3. The summed E-state index contributed by atoms with van der Waals surface area (Å²) in [6.07, 6.45) is 3.16. The van der Waals surface area contributed by atoms with Crippen LogP contribution in [0, 0.1) is 0 Å². The second-order valence-electron chi connectivity index (χ2n) is 2.55. The highest BCUT2D eigenvalue weighted by Gasteiger charge is 2.20. The monoisotopic (exact) mass is 143 g/mol. The fraction of sp³-hybridized carbons (Fsp3) is 0.857. The molecule has 1 saturated heterocycles. The minimum absolute atomic E-state index is 0.132. The van der Waals surface area contributed by atoms with E-state index in [-0.39, 0.29) is 12.2 Å². The minimum atomic E-state index is -0.263. The molecular formula is C7H13NO2. The van der Waals surface area contributed by atoms with E-state index in [2.05, 4.69) is 12.2 Å². The average Bonchev–Trinajstić information content (AvgIpc) is 2.31. The Morgan fingerprint density at radius 1 is 1.80 bits per heavy atom. The first-order valence-corrected chi connectivity index (χ1v) is 3.77. The van der Waals surface area contributed by atoms with Crippen molar-refractivity contribution in [1.82, 2.24) is 5.32 Å². The molecule has 0 spiro atoms. The van der Waals surface area contributed by atoms with Crippen LogP contribution in [0.15, 0.2) is 0 Å². The molecule has 10 heavy (non-hydrogen) atoms. The summed E-state index contributed by atoms with van der Waals surface area (Å²) in [7, 11) is 0. The lowest BCUT2D eigenvalue weighted by atomic mass is 10.2. The third-order valence-electron chi connectivity index (χ3n) is 1.63. The molecule has 3 heteroatoms. The summed E-state index contributed by atoms with van der Waals surface area (Å²) in [5.41, 5.74) is 0. The predicted molar refractivity (Wildman–Crippen MR) is 37.8 cm³/mol. The molecule has 1 aliphatic rings. The second-order valence-corrected chi connectivity index (χ2v) is 2.55. The van der Waals surface area contributed by atoms with Crippen LogP contribution in [0.2, 0.25) is 0 Å². The van der Waals surface area contributed by atoms with E-state index in [1.54, 1.807) is 0 Å². The van der Waals surface area contributed by atoms with Gasteiger partial charge in [0.2, 0.25) is 0 Å². The van der Waals surface area contributed by atoms with Gasteiger partial charge in [0.1, 0.15) is 6.10 Å². The molecule has 0 bridgehead atoms. The van der Waals surface area contributed by atoms with Crippen LogP contribution in [0.25, 0.3) is 0 Å². The molecule has 1 aliphatic heterocycles.